The first kappa shape index (κ1) is 10.3. The van der Waals surface area contributed by atoms with Crippen LogP contribution in [-0.2, 0) is 0 Å². The minimum Gasteiger partial charge on any atom is -0.369 e. The average molecular weight is 223 g/mol. The van der Waals surface area contributed by atoms with Gasteiger partial charge >= 0.3 is 0 Å². The van der Waals surface area contributed by atoms with Crippen molar-refractivity contribution < 1.29 is 8.78 Å². The maximum Gasteiger partial charge on any atom is 0.252 e. The number of hydrogen-bond acceptors (Lipinski definition) is 3. The van der Waals surface area contributed by atoms with Gasteiger partial charge in [-0.05, 0) is 12.1 Å². The molecule has 0 saturated heterocycles. The summed E-state index contributed by atoms with van der Waals surface area (Å²) in [6.45, 7) is 0. The number of rotatable bonds is 1. The van der Waals surface area contributed by atoms with Crippen LogP contribution < -0.4 is 11.3 Å². The standard InChI is InChI=1S/C10H7F2N3O/c11-5-2-1-3-6(12)9(5)7-4-8(16)15-10(13)14-7/h1-4H,(H3,13,14,15,16). The van der Waals surface area contributed by atoms with Crippen LogP contribution in [0.4, 0.5) is 14.7 Å². The number of anilines is 1. The van der Waals surface area contributed by atoms with Gasteiger partial charge in [-0.15, -0.1) is 0 Å². The van der Waals surface area contributed by atoms with Crippen LogP contribution in [0.25, 0.3) is 11.3 Å². The third-order valence-corrected chi connectivity index (χ3v) is 1.98. The zero-order valence-electron chi connectivity index (χ0n) is 8.00. The normalized spacial score (nSPS) is 10.4. The van der Waals surface area contributed by atoms with Crippen LogP contribution >= 0.6 is 0 Å². The molecule has 0 bridgehead atoms. The largest absolute Gasteiger partial charge is 0.369 e. The number of nitrogens with zero attached hydrogens (tertiary/aromatic N) is 1. The number of nitrogens with two attached hydrogens (primary N) is 1. The van der Waals surface area contributed by atoms with Gasteiger partial charge in [-0.3, -0.25) is 9.78 Å². The molecule has 0 amide bonds. The minimum absolute atomic E-state index is 0.128. The fraction of sp³-hybridized carbons (Fsp3) is 0. The Balaban J connectivity index is 2.72. The van der Waals surface area contributed by atoms with Gasteiger partial charge in [-0.1, -0.05) is 6.07 Å². The van der Waals surface area contributed by atoms with Crippen LogP contribution in [0.1, 0.15) is 0 Å². The number of benzene rings is 1. The number of H-pyrrole nitrogens is 1. The Kier molecular flexibility index (Phi) is 2.40. The lowest BCUT2D eigenvalue weighted by molar-refractivity contribution is 0.588. The highest BCUT2D eigenvalue weighted by molar-refractivity contribution is 5.61. The average Bonchev–Trinajstić information content (AvgIpc) is 2.15. The number of aromatic nitrogens is 2. The quantitative estimate of drug-likeness (QED) is 0.765. The Labute approximate surface area is 88.8 Å². The SMILES string of the molecule is Nc1nc(-c2c(F)cccc2F)cc(=O)[nH]1. The number of nitrogens with one attached hydrogen (secondary N) is 1. The van der Waals surface area contributed by atoms with E-state index in [1.54, 1.807) is 0 Å². The van der Waals surface area contributed by atoms with E-state index >= 15 is 0 Å². The van der Waals surface area contributed by atoms with E-state index in [-0.39, 0.29) is 17.2 Å². The molecule has 82 valence electrons. The lowest BCUT2D eigenvalue weighted by Gasteiger charge is -2.03. The second-order valence-corrected chi connectivity index (χ2v) is 3.11. The lowest BCUT2D eigenvalue weighted by Crippen LogP contribution is -2.11. The highest BCUT2D eigenvalue weighted by atomic mass is 19.1. The van der Waals surface area contributed by atoms with Gasteiger partial charge < -0.3 is 5.73 Å². The molecule has 0 aliphatic heterocycles. The van der Waals surface area contributed by atoms with E-state index in [1.807, 2.05) is 0 Å². The summed E-state index contributed by atoms with van der Waals surface area (Å²) in [7, 11) is 0. The molecule has 1 heterocycles. The molecular formula is C10H7F2N3O. The van der Waals surface area contributed by atoms with E-state index in [0.29, 0.717) is 0 Å². The van der Waals surface area contributed by atoms with Crippen LogP contribution in [0.2, 0.25) is 0 Å². The molecule has 0 unspecified atom stereocenters. The molecule has 0 radical (unpaired) electrons. The topological polar surface area (TPSA) is 71.8 Å². The Hall–Kier alpha value is -2.24. The van der Waals surface area contributed by atoms with Gasteiger partial charge in [0.2, 0.25) is 5.95 Å². The second kappa shape index (κ2) is 3.73. The van der Waals surface area contributed by atoms with Crippen LogP contribution in [0.15, 0.2) is 29.1 Å². The molecule has 0 saturated carbocycles. The van der Waals surface area contributed by atoms with Gasteiger partial charge in [0.25, 0.3) is 5.56 Å². The number of nitrogen functional groups attached to an aromatic ring is 1. The van der Waals surface area contributed by atoms with Crippen LogP contribution in [0, 0.1) is 11.6 Å². The summed E-state index contributed by atoms with van der Waals surface area (Å²) in [5, 5.41) is 0. The highest BCUT2D eigenvalue weighted by Crippen LogP contribution is 2.23. The van der Waals surface area contributed by atoms with Gasteiger partial charge in [-0.25, -0.2) is 13.8 Å². The van der Waals surface area contributed by atoms with Crippen molar-refractivity contribution in [3.8, 4) is 11.3 Å². The van der Waals surface area contributed by atoms with Gasteiger partial charge in [0, 0.05) is 6.07 Å². The molecular weight excluding hydrogens is 216 g/mol. The Bertz CT molecular complexity index is 575. The van der Waals surface area contributed by atoms with Gasteiger partial charge in [0.05, 0.1) is 11.3 Å². The predicted octanol–water partition coefficient (Wildman–Crippen LogP) is 1.30. The Morgan fingerprint density at radius 1 is 1.25 bits per heavy atom. The van der Waals surface area contributed by atoms with Crippen molar-refractivity contribution >= 4 is 5.95 Å². The first-order valence-electron chi connectivity index (χ1n) is 4.39. The minimum atomic E-state index is -0.794. The molecule has 4 nitrogen and oxygen atoms in total. The smallest absolute Gasteiger partial charge is 0.252 e. The van der Waals surface area contributed by atoms with Crippen molar-refractivity contribution in [2.24, 2.45) is 0 Å². The van der Waals surface area contributed by atoms with Crippen LogP contribution in [-0.4, -0.2) is 9.97 Å². The fourth-order valence-corrected chi connectivity index (χ4v) is 1.35. The maximum absolute atomic E-state index is 13.4. The maximum atomic E-state index is 13.4. The first-order valence-corrected chi connectivity index (χ1v) is 4.39. The number of halogens is 2. The highest BCUT2D eigenvalue weighted by Gasteiger charge is 2.13. The summed E-state index contributed by atoms with van der Waals surface area (Å²) in [6, 6.07) is 4.37. The van der Waals surface area contributed by atoms with E-state index in [0.717, 1.165) is 18.2 Å². The molecule has 1 aromatic heterocycles. The molecule has 0 spiro atoms. The number of aromatic amines is 1. The summed E-state index contributed by atoms with van der Waals surface area (Å²) < 4.78 is 26.7. The molecule has 6 heteroatoms. The van der Waals surface area contributed by atoms with Crippen molar-refractivity contribution in [3.63, 3.8) is 0 Å². The summed E-state index contributed by atoms with van der Waals surface area (Å²) >= 11 is 0. The predicted molar refractivity (Wildman–Crippen MR) is 54.6 cm³/mol. The molecule has 0 aliphatic carbocycles. The lowest BCUT2D eigenvalue weighted by atomic mass is 10.1. The van der Waals surface area contributed by atoms with Crippen LogP contribution in [0.5, 0.6) is 0 Å². The third-order valence-electron chi connectivity index (χ3n) is 1.98. The van der Waals surface area contributed by atoms with E-state index in [1.165, 1.54) is 6.07 Å². The van der Waals surface area contributed by atoms with Gasteiger partial charge in [-0.2, -0.15) is 0 Å². The molecule has 1 aromatic carbocycles. The summed E-state index contributed by atoms with van der Waals surface area (Å²) in [5.41, 5.74) is 4.23. The van der Waals surface area contributed by atoms with Crippen LogP contribution in [0.3, 0.4) is 0 Å². The first-order chi connectivity index (χ1) is 7.58. The van der Waals surface area contributed by atoms with E-state index in [2.05, 4.69) is 9.97 Å². The Morgan fingerprint density at radius 3 is 2.44 bits per heavy atom. The molecule has 0 aliphatic rings. The number of hydrogen-bond donors (Lipinski definition) is 2. The van der Waals surface area contributed by atoms with E-state index < -0.39 is 17.2 Å². The molecule has 3 N–H and O–H groups in total. The summed E-state index contributed by atoms with van der Waals surface area (Å²) in [4.78, 5) is 16.9. The van der Waals surface area contributed by atoms with Crippen molar-refractivity contribution in [1.82, 2.24) is 9.97 Å². The Morgan fingerprint density at radius 2 is 1.88 bits per heavy atom. The second-order valence-electron chi connectivity index (χ2n) is 3.11. The van der Waals surface area contributed by atoms with Crippen molar-refractivity contribution in [3.05, 3.63) is 46.3 Å². The molecule has 0 atom stereocenters. The fourth-order valence-electron chi connectivity index (χ4n) is 1.35. The zero-order chi connectivity index (χ0) is 11.7. The van der Waals surface area contributed by atoms with E-state index in [9.17, 15) is 13.6 Å². The van der Waals surface area contributed by atoms with E-state index in [4.69, 9.17) is 5.73 Å². The van der Waals surface area contributed by atoms with Gasteiger partial charge in [0.1, 0.15) is 11.6 Å². The molecule has 0 fully saturated rings. The van der Waals surface area contributed by atoms with Crippen molar-refractivity contribution in [2.45, 2.75) is 0 Å². The monoisotopic (exact) mass is 223 g/mol. The van der Waals surface area contributed by atoms with Crippen molar-refractivity contribution in [1.29, 1.82) is 0 Å². The zero-order valence-corrected chi connectivity index (χ0v) is 8.00. The molecule has 2 aromatic rings. The third kappa shape index (κ3) is 1.77. The van der Waals surface area contributed by atoms with Gasteiger partial charge in [0.15, 0.2) is 0 Å². The summed E-state index contributed by atoms with van der Waals surface area (Å²) in [5.74, 6) is -1.78. The van der Waals surface area contributed by atoms with Crippen molar-refractivity contribution in [2.75, 3.05) is 5.73 Å². The molecule has 2 rings (SSSR count). The molecule has 16 heavy (non-hydrogen) atoms. The summed E-state index contributed by atoms with van der Waals surface area (Å²) in [6.07, 6.45) is 0.